The number of rotatable bonds is 6. The number of nitrogens with zero attached hydrogens (tertiary/aromatic N) is 3. The van der Waals surface area contributed by atoms with Crippen LogP contribution < -0.4 is 5.32 Å². The number of carbonyl (C=O) groups is 1. The SMILES string of the molecule is Cc1cccc(-c2noc(CNC(=O)[C@H]3CCCN(S(=O)(=O)c4ccccc4)C3)n2)c1. The normalized spacial score (nSPS) is 17.4. The Morgan fingerprint density at radius 2 is 2.00 bits per heavy atom. The van der Waals surface area contributed by atoms with E-state index in [1.54, 1.807) is 30.3 Å². The van der Waals surface area contributed by atoms with Gasteiger partial charge in [0.25, 0.3) is 0 Å². The first-order valence-corrected chi connectivity index (χ1v) is 11.6. The highest BCUT2D eigenvalue weighted by Crippen LogP contribution is 2.24. The summed E-state index contributed by atoms with van der Waals surface area (Å²) in [5.74, 6) is 0.120. The molecule has 31 heavy (non-hydrogen) atoms. The van der Waals surface area contributed by atoms with Gasteiger partial charge in [-0.25, -0.2) is 8.42 Å². The molecule has 1 atom stereocenters. The monoisotopic (exact) mass is 440 g/mol. The second kappa shape index (κ2) is 8.99. The van der Waals surface area contributed by atoms with Gasteiger partial charge in [-0.2, -0.15) is 9.29 Å². The first kappa shape index (κ1) is 21.2. The number of sulfonamides is 1. The summed E-state index contributed by atoms with van der Waals surface area (Å²) < 4.78 is 32.3. The number of carbonyl (C=O) groups excluding carboxylic acids is 1. The summed E-state index contributed by atoms with van der Waals surface area (Å²) in [5.41, 5.74) is 1.93. The molecule has 1 N–H and O–H groups in total. The molecule has 0 unspecified atom stereocenters. The minimum absolute atomic E-state index is 0.0968. The van der Waals surface area contributed by atoms with Crippen LogP contribution in [0.2, 0.25) is 0 Å². The van der Waals surface area contributed by atoms with E-state index in [0.717, 1.165) is 11.1 Å². The summed E-state index contributed by atoms with van der Waals surface area (Å²) in [6.45, 7) is 2.64. The highest BCUT2D eigenvalue weighted by atomic mass is 32.2. The average Bonchev–Trinajstić information content (AvgIpc) is 3.27. The zero-order valence-electron chi connectivity index (χ0n) is 17.2. The van der Waals surface area contributed by atoms with Crippen molar-refractivity contribution in [2.24, 2.45) is 5.92 Å². The van der Waals surface area contributed by atoms with Gasteiger partial charge in [-0.3, -0.25) is 4.79 Å². The lowest BCUT2D eigenvalue weighted by molar-refractivity contribution is -0.126. The van der Waals surface area contributed by atoms with Crippen LogP contribution in [0.15, 0.2) is 64.0 Å². The van der Waals surface area contributed by atoms with Crippen LogP contribution in [-0.2, 0) is 21.4 Å². The molecule has 8 nitrogen and oxygen atoms in total. The second-order valence-corrected chi connectivity index (χ2v) is 9.55. The van der Waals surface area contributed by atoms with Crippen LogP contribution in [0.1, 0.15) is 24.3 Å². The quantitative estimate of drug-likeness (QED) is 0.632. The Bertz CT molecular complexity index is 1160. The van der Waals surface area contributed by atoms with Crippen molar-refractivity contribution in [1.29, 1.82) is 0 Å². The van der Waals surface area contributed by atoms with Gasteiger partial charge < -0.3 is 9.84 Å². The van der Waals surface area contributed by atoms with E-state index in [-0.39, 0.29) is 23.9 Å². The number of nitrogens with one attached hydrogen (secondary N) is 1. The van der Waals surface area contributed by atoms with E-state index in [1.807, 2.05) is 31.2 Å². The Labute approximate surface area is 181 Å². The largest absolute Gasteiger partial charge is 0.347 e. The van der Waals surface area contributed by atoms with Crippen molar-refractivity contribution in [2.45, 2.75) is 31.2 Å². The van der Waals surface area contributed by atoms with Crippen molar-refractivity contribution in [2.75, 3.05) is 13.1 Å². The van der Waals surface area contributed by atoms with Gasteiger partial charge in [-0.15, -0.1) is 0 Å². The number of aromatic nitrogens is 2. The zero-order valence-corrected chi connectivity index (χ0v) is 18.0. The number of piperidine rings is 1. The Balaban J connectivity index is 1.37. The van der Waals surface area contributed by atoms with Crippen LogP contribution in [0.4, 0.5) is 0 Å². The van der Waals surface area contributed by atoms with Gasteiger partial charge in [0, 0.05) is 18.7 Å². The highest BCUT2D eigenvalue weighted by molar-refractivity contribution is 7.89. The zero-order chi connectivity index (χ0) is 21.8. The van der Waals surface area contributed by atoms with Gasteiger partial charge in [0.1, 0.15) is 0 Å². The first-order valence-electron chi connectivity index (χ1n) is 10.2. The number of amides is 1. The third kappa shape index (κ3) is 4.83. The van der Waals surface area contributed by atoms with Crippen LogP contribution in [-0.4, -0.2) is 41.9 Å². The molecule has 1 saturated heterocycles. The van der Waals surface area contributed by atoms with E-state index in [2.05, 4.69) is 15.5 Å². The maximum absolute atomic E-state index is 12.9. The van der Waals surface area contributed by atoms with Crippen molar-refractivity contribution < 1.29 is 17.7 Å². The topological polar surface area (TPSA) is 105 Å². The third-order valence-corrected chi connectivity index (χ3v) is 7.17. The second-order valence-electron chi connectivity index (χ2n) is 7.61. The van der Waals surface area contributed by atoms with Gasteiger partial charge in [-0.1, -0.05) is 47.1 Å². The van der Waals surface area contributed by atoms with Crippen molar-refractivity contribution in [1.82, 2.24) is 19.8 Å². The standard InChI is InChI=1S/C22H24N4O4S/c1-16-7-5-8-17(13-16)21-24-20(30-25-21)14-23-22(27)18-9-6-12-26(15-18)31(28,29)19-10-3-2-4-11-19/h2-5,7-8,10-11,13,18H,6,9,12,14-15H2,1H3,(H,23,27)/t18-/m0/s1. The predicted octanol–water partition coefficient (Wildman–Crippen LogP) is 2.76. The third-order valence-electron chi connectivity index (χ3n) is 5.29. The summed E-state index contributed by atoms with van der Waals surface area (Å²) in [4.78, 5) is 17.3. The number of benzene rings is 2. The molecule has 0 aliphatic carbocycles. The molecule has 1 aliphatic heterocycles. The molecule has 3 aromatic rings. The van der Waals surface area contributed by atoms with Gasteiger partial charge >= 0.3 is 0 Å². The average molecular weight is 441 g/mol. The first-order chi connectivity index (χ1) is 14.9. The lowest BCUT2D eigenvalue weighted by atomic mass is 9.99. The molecular formula is C22H24N4O4S. The van der Waals surface area contributed by atoms with Crippen LogP contribution in [0.3, 0.4) is 0 Å². The minimum Gasteiger partial charge on any atom is -0.347 e. The van der Waals surface area contributed by atoms with E-state index in [4.69, 9.17) is 4.52 Å². The lowest BCUT2D eigenvalue weighted by Crippen LogP contribution is -2.45. The lowest BCUT2D eigenvalue weighted by Gasteiger charge is -2.31. The summed E-state index contributed by atoms with van der Waals surface area (Å²) in [6.07, 6.45) is 1.26. The van der Waals surface area contributed by atoms with Crippen LogP contribution >= 0.6 is 0 Å². The van der Waals surface area contributed by atoms with Gasteiger partial charge in [0.2, 0.25) is 27.6 Å². The van der Waals surface area contributed by atoms with E-state index in [1.165, 1.54) is 4.31 Å². The van der Waals surface area contributed by atoms with E-state index in [9.17, 15) is 13.2 Å². The van der Waals surface area contributed by atoms with Crippen LogP contribution in [0.25, 0.3) is 11.4 Å². The summed E-state index contributed by atoms with van der Waals surface area (Å²) in [7, 11) is -3.61. The molecule has 2 heterocycles. The molecule has 162 valence electrons. The van der Waals surface area contributed by atoms with Gasteiger partial charge in [0.05, 0.1) is 17.4 Å². The van der Waals surface area contributed by atoms with Crippen molar-refractivity contribution in [3.8, 4) is 11.4 Å². The van der Waals surface area contributed by atoms with Crippen molar-refractivity contribution >= 4 is 15.9 Å². The van der Waals surface area contributed by atoms with E-state index >= 15 is 0 Å². The van der Waals surface area contributed by atoms with Crippen LogP contribution in [0, 0.1) is 12.8 Å². The Kier molecular flexibility index (Phi) is 6.15. The molecule has 2 aromatic carbocycles. The molecule has 0 radical (unpaired) electrons. The molecule has 1 aromatic heterocycles. The number of hydrogen-bond acceptors (Lipinski definition) is 6. The molecule has 1 amide bonds. The molecular weight excluding hydrogens is 416 g/mol. The fraction of sp³-hybridized carbons (Fsp3) is 0.318. The fourth-order valence-corrected chi connectivity index (χ4v) is 5.20. The molecule has 0 spiro atoms. The Hall–Kier alpha value is -3.04. The maximum Gasteiger partial charge on any atom is 0.246 e. The molecule has 9 heteroatoms. The van der Waals surface area contributed by atoms with E-state index in [0.29, 0.717) is 31.1 Å². The molecule has 4 rings (SSSR count). The molecule has 1 aliphatic rings. The smallest absolute Gasteiger partial charge is 0.246 e. The summed E-state index contributed by atoms with van der Waals surface area (Å²) in [6, 6.07) is 16.0. The maximum atomic E-state index is 12.9. The number of aryl methyl sites for hydroxylation is 1. The minimum atomic E-state index is -3.61. The molecule has 0 saturated carbocycles. The summed E-state index contributed by atoms with van der Waals surface area (Å²) in [5, 5.41) is 6.77. The Morgan fingerprint density at radius 1 is 1.19 bits per heavy atom. The number of hydrogen-bond donors (Lipinski definition) is 1. The van der Waals surface area contributed by atoms with Crippen LogP contribution in [0.5, 0.6) is 0 Å². The summed E-state index contributed by atoms with van der Waals surface area (Å²) >= 11 is 0. The fourth-order valence-electron chi connectivity index (χ4n) is 3.65. The Morgan fingerprint density at radius 3 is 2.77 bits per heavy atom. The van der Waals surface area contributed by atoms with E-state index < -0.39 is 15.9 Å². The predicted molar refractivity (Wildman–Crippen MR) is 114 cm³/mol. The van der Waals surface area contributed by atoms with Gasteiger partial charge in [-0.05, 0) is 38.0 Å². The highest BCUT2D eigenvalue weighted by Gasteiger charge is 2.33. The van der Waals surface area contributed by atoms with Gasteiger partial charge in [0.15, 0.2) is 0 Å². The molecule has 0 bridgehead atoms. The van der Waals surface area contributed by atoms with Crippen molar-refractivity contribution in [3.05, 3.63) is 66.1 Å². The molecule has 1 fully saturated rings. The van der Waals surface area contributed by atoms with Crippen molar-refractivity contribution in [3.63, 3.8) is 0 Å².